The van der Waals surface area contributed by atoms with Gasteiger partial charge in [-0.15, -0.1) is 0 Å². The van der Waals surface area contributed by atoms with E-state index in [1.807, 2.05) is 13.1 Å². The van der Waals surface area contributed by atoms with E-state index in [1.54, 1.807) is 6.92 Å². The number of carbonyl (C=O) groups excluding carboxylic acids is 1. The lowest BCUT2D eigenvalue weighted by atomic mass is 9.96. The molecule has 0 aliphatic carbocycles. The number of nitrogens with one attached hydrogen (secondary N) is 2. The molecule has 1 aromatic rings. The van der Waals surface area contributed by atoms with Crippen LogP contribution in [0.1, 0.15) is 32.3 Å². The Morgan fingerprint density at radius 1 is 1.43 bits per heavy atom. The minimum atomic E-state index is 0.0550. The maximum Gasteiger partial charge on any atom is 0.224 e. The Bertz CT molecular complexity index is 483. The molecular weight excluding hydrogens is 266 g/mol. The second-order valence-corrected chi connectivity index (χ2v) is 5.60. The normalized spacial score (nSPS) is 15.9. The Labute approximate surface area is 126 Å². The monoisotopic (exact) mass is 291 g/mol. The van der Waals surface area contributed by atoms with Gasteiger partial charge in [0.05, 0.1) is 0 Å². The molecular formula is C15H25N5O. The van der Waals surface area contributed by atoms with Gasteiger partial charge in [-0.3, -0.25) is 4.79 Å². The summed E-state index contributed by atoms with van der Waals surface area (Å²) in [7, 11) is 0. The molecule has 0 atom stereocenters. The maximum absolute atomic E-state index is 11.0. The van der Waals surface area contributed by atoms with E-state index in [-0.39, 0.29) is 5.91 Å². The van der Waals surface area contributed by atoms with Gasteiger partial charge < -0.3 is 15.5 Å². The van der Waals surface area contributed by atoms with Gasteiger partial charge in [0.2, 0.25) is 11.9 Å². The van der Waals surface area contributed by atoms with Crippen LogP contribution in [0.2, 0.25) is 0 Å². The molecule has 1 fully saturated rings. The number of hydrogen-bond donors (Lipinski definition) is 2. The van der Waals surface area contributed by atoms with Gasteiger partial charge >= 0.3 is 0 Å². The third kappa shape index (κ3) is 4.31. The van der Waals surface area contributed by atoms with Gasteiger partial charge in [0.15, 0.2) is 0 Å². The standard InChI is InChI=1S/C15H25N5O/c1-4-16-15-18-9-11(2)14(19-15)20-7-5-13(6-8-20)10-17-12(3)21/h9,13H,4-8,10H2,1-3H3,(H,17,21)(H,16,18,19). The summed E-state index contributed by atoms with van der Waals surface area (Å²) < 4.78 is 0. The number of aromatic nitrogens is 2. The molecule has 0 spiro atoms. The molecule has 116 valence electrons. The average Bonchev–Trinajstić information content (AvgIpc) is 2.48. The molecule has 1 aliphatic rings. The largest absolute Gasteiger partial charge is 0.356 e. The van der Waals surface area contributed by atoms with E-state index < -0.39 is 0 Å². The first-order chi connectivity index (χ1) is 10.1. The minimum Gasteiger partial charge on any atom is -0.356 e. The number of anilines is 2. The van der Waals surface area contributed by atoms with Crippen LogP contribution < -0.4 is 15.5 Å². The van der Waals surface area contributed by atoms with Crippen LogP contribution >= 0.6 is 0 Å². The molecule has 2 heterocycles. The van der Waals surface area contributed by atoms with Crippen molar-refractivity contribution in [2.45, 2.75) is 33.6 Å². The second-order valence-electron chi connectivity index (χ2n) is 5.60. The summed E-state index contributed by atoms with van der Waals surface area (Å²) in [5, 5.41) is 6.07. The number of piperidine rings is 1. The third-order valence-corrected chi connectivity index (χ3v) is 3.83. The lowest BCUT2D eigenvalue weighted by Gasteiger charge is -2.33. The third-order valence-electron chi connectivity index (χ3n) is 3.83. The summed E-state index contributed by atoms with van der Waals surface area (Å²) in [5.41, 5.74) is 1.11. The van der Waals surface area contributed by atoms with Crippen molar-refractivity contribution >= 4 is 17.7 Å². The van der Waals surface area contributed by atoms with Gasteiger partial charge in [0, 0.05) is 44.9 Å². The van der Waals surface area contributed by atoms with Gasteiger partial charge in [0.25, 0.3) is 0 Å². The number of rotatable bonds is 5. The number of hydrogen-bond acceptors (Lipinski definition) is 5. The Kier molecular flexibility index (Phi) is 5.36. The number of carbonyl (C=O) groups is 1. The highest BCUT2D eigenvalue weighted by molar-refractivity contribution is 5.72. The first kappa shape index (κ1) is 15.5. The van der Waals surface area contributed by atoms with E-state index in [9.17, 15) is 4.79 Å². The molecule has 2 rings (SSSR count). The van der Waals surface area contributed by atoms with Crippen LogP contribution in [0, 0.1) is 12.8 Å². The quantitative estimate of drug-likeness (QED) is 0.862. The fourth-order valence-electron chi connectivity index (χ4n) is 2.63. The molecule has 6 nitrogen and oxygen atoms in total. The highest BCUT2D eigenvalue weighted by atomic mass is 16.1. The van der Waals surface area contributed by atoms with Crippen molar-refractivity contribution in [3.8, 4) is 0 Å². The van der Waals surface area contributed by atoms with Crippen LogP contribution in [0.5, 0.6) is 0 Å². The van der Waals surface area contributed by atoms with E-state index in [0.717, 1.165) is 50.4 Å². The molecule has 0 saturated carbocycles. The van der Waals surface area contributed by atoms with Gasteiger partial charge in [-0.05, 0) is 32.6 Å². The van der Waals surface area contributed by atoms with Crippen molar-refractivity contribution in [1.29, 1.82) is 0 Å². The summed E-state index contributed by atoms with van der Waals surface area (Å²) in [5.74, 6) is 2.34. The van der Waals surface area contributed by atoms with Gasteiger partial charge in [0.1, 0.15) is 5.82 Å². The molecule has 0 unspecified atom stereocenters. The number of nitrogens with zero attached hydrogens (tertiary/aromatic N) is 3. The zero-order chi connectivity index (χ0) is 15.2. The summed E-state index contributed by atoms with van der Waals surface area (Å²) in [6.07, 6.45) is 4.05. The van der Waals surface area contributed by atoms with E-state index in [2.05, 4.69) is 32.4 Å². The SMILES string of the molecule is CCNc1ncc(C)c(N2CCC(CNC(C)=O)CC2)n1. The molecule has 0 bridgehead atoms. The van der Waals surface area contributed by atoms with Crippen molar-refractivity contribution in [2.75, 3.05) is 36.4 Å². The lowest BCUT2D eigenvalue weighted by molar-refractivity contribution is -0.119. The smallest absolute Gasteiger partial charge is 0.224 e. The summed E-state index contributed by atoms with van der Waals surface area (Å²) in [6, 6.07) is 0. The number of amides is 1. The van der Waals surface area contributed by atoms with Crippen LogP contribution in [0.3, 0.4) is 0 Å². The number of aryl methyl sites for hydroxylation is 1. The van der Waals surface area contributed by atoms with E-state index in [0.29, 0.717) is 11.9 Å². The fourth-order valence-corrected chi connectivity index (χ4v) is 2.63. The Hall–Kier alpha value is -1.85. The minimum absolute atomic E-state index is 0.0550. The van der Waals surface area contributed by atoms with Crippen molar-refractivity contribution in [1.82, 2.24) is 15.3 Å². The lowest BCUT2D eigenvalue weighted by Crippen LogP contribution is -2.39. The van der Waals surface area contributed by atoms with Gasteiger partial charge in [-0.25, -0.2) is 4.98 Å². The molecule has 21 heavy (non-hydrogen) atoms. The Morgan fingerprint density at radius 3 is 2.76 bits per heavy atom. The molecule has 2 N–H and O–H groups in total. The van der Waals surface area contributed by atoms with Crippen molar-refractivity contribution < 1.29 is 4.79 Å². The van der Waals surface area contributed by atoms with Crippen LogP contribution in [0.4, 0.5) is 11.8 Å². The van der Waals surface area contributed by atoms with Crippen LogP contribution in [-0.4, -0.2) is 42.1 Å². The van der Waals surface area contributed by atoms with Crippen LogP contribution in [-0.2, 0) is 4.79 Å². The van der Waals surface area contributed by atoms with Gasteiger partial charge in [-0.2, -0.15) is 4.98 Å². The van der Waals surface area contributed by atoms with Crippen LogP contribution in [0.15, 0.2) is 6.20 Å². The second kappa shape index (κ2) is 7.24. The van der Waals surface area contributed by atoms with Crippen LogP contribution in [0.25, 0.3) is 0 Å². The molecule has 1 aliphatic heterocycles. The van der Waals surface area contributed by atoms with Crippen molar-refractivity contribution in [2.24, 2.45) is 5.92 Å². The average molecular weight is 291 g/mol. The molecule has 1 aromatic heterocycles. The maximum atomic E-state index is 11.0. The van der Waals surface area contributed by atoms with E-state index in [1.165, 1.54) is 0 Å². The first-order valence-corrected chi connectivity index (χ1v) is 7.67. The van der Waals surface area contributed by atoms with Crippen molar-refractivity contribution in [3.63, 3.8) is 0 Å². The molecule has 6 heteroatoms. The Morgan fingerprint density at radius 2 is 2.14 bits per heavy atom. The molecule has 1 amide bonds. The summed E-state index contributed by atoms with van der Waals surface area (Å²) in [6.45, 7) is 9.23. The zero-order valence-corrected chi connectivity index (χ0v) is 13.1. The molecule has 0 radical (unpaired) electrons. The summed E-state index contributed by atoms with van der Waals surface area (Å²) >= 11 is 0. The predicted molar refractivity (Wildman–Crippen MR) is 84.6 cm³/mol. The first-order valence-electron chi connectivity index (χ1n) is 7.67. The highest BCUT2D eigenvalue weighted by Crippen LogP contribution is 2.24. The zero-order valence-electron chi connectivity index (χ0n) is 13.1. The molecule has 1 saturated heterocycles. The summed E-state index contributed by atoms with van der Waals surface area (Å²) in [4.78, 5) is 22.2. The Balaban J connectivity index is 1.95. The molecule has 0 aromatic carbocycles. The van der Waals surface area contributed by atoms with Gasteiger partial charge in [-0.1, -0.05) is 0 Å². The topological polar surface area (TPSA) is 70.2 Å². The van der Waals surface area contributed by atoms with Crippen molar-refractivity contribution in [3.05, 3.63) is 11.8 Å². The highest BCUT2D eigenvalue weighted by Gasteiger charge is 2.21. The van der Waals surface area contributed by atoms with E-state index >= 15 is 0 Å². The predicted octanol–water partition coefficient (Wildman–Crippen LogP) is 1.57. The fraction of sp³-hybridized carbons (Fsp3) is 0.667. The van der Waals surface area contributed by atoms with E-state index in [4.69, 9.17) is 0 Å².